The first kappa shape index (κ1) is 19.8. The lowest BCUT2D eigenvalue weighted by Crippen LogP contribution is -2.26. The van der Waals surface area contributed by atoms with Crippen LogP contribution in [0, 0.1) is 11.8 Å². The highest BCUT2D eigenvalue weighted by atomic mass is 35.5. The summed E-state index contributed by atoms with van der Waals surface area (Å²) in [5, 5.41) is 3.01. The Balaban J connectivity index is 1.37. The Morgan fingerprint density at radius 2 is 1.67 bits per heavy atom. The summed E-state index contributed by atoms with van der Waals surface area (Å²) in [6.45, 7) is 0.327. The number of nitrogens with one attached hydrogen (secondary N) is 1. The van der Waals surface area contributed by atoms with Crippen LogP contribution in [-0.2, 0) is 4.74 Å². The minimum atomic E-state index is -0.541. The molecule has 1 N–H and O–H groups in total. The summed E-state index contributed by atoms with van der Waals surface area (Å²) in [5.41, 5.74) is 5.54. The van der Waals surface area contributed by atoms with E-state index in [9.17, 15) is 9.59 Å². The summed E-state index contributed by atoms with van der Waals surface area (Å²) in [6, 6.07) is 21.3. The molecule has 4 rings (SSSR count). The van der Waals surface area contributed by atoms with E-state index in [1.807, 2.05) is 24.3 Å². The first-order chi connectivity index (χ1) is 14.7. The molecule has 0 radical (unpaired) electrons. The van der Waals surface area contributed by atoms with Crippen LogP contribution in [0.4, 0.5) is 4.79 Å². The maximum atomic E-state index is 12.1. The largest absolute Gasteiger partial charge is 0.449 e. The number of fused-ring (bicyclic) bond motifs is 3. The summed E-state index contributed by atoms with van der Waals surface area (Å²) in [4.78, 5) is 23.2. The third-order valence-corrected chi connectivity index (χ3v) is 5.37. The quantitative estimate of drug-likeness (QED) is 0.479. The zero-order chi connectivity index (χ0) is 20.9. The molecule has 0 saturated heterocycles. The molecule has 4 nitrogen and oxygen atoms in total. The van der Waals surface area contributed by atoms with Gasteiger partial charge in [-0.25, -0.2) is 4.79 Å². The molecular weight excluding hydrogens is 398 g/mol. The van der Waals surface area contributed by atoms with Gasteiger partial charge in [0, 0.05) is 11.5 Å². The number of rotatable bonds is 4. The summed E-state index contributed by atoms with van der Waals surface area (Å²) in [5.74, 6) is 5.64. The van der Waals surface area contributed by atoms with Gasteiger partial charge in [-0.1, -0.05) is 84.1 Å². The molecule has 1 amide bonds. The number of carbonyl (C=O) groups excluding carboxylic acids is 2. The van der Waals surface area contributed by atoms with Gasteiger partial charge in [-0.3, -0.25) is 4.79 Å². The van der Waals surface area contributed by atoms with E-state index in [2.05, 4.69) is 41.4 Å². The van der Waals surface area contributed by atoms with Crippen molar-refractivity contribution in [2.45, 2.75) is 5.92 Å². The fourth-order valence-corrected chi connectivity index (χ4v) is 3.90. The molecule has 3 aromatic carbocycles. The van der Waals surface area contributed by atoms with E-state index in [1.165, 1.54) is 11.1 Å². The number of alkyl carbamates (subject to hydrolysis) is 1. The molecule has 1 aliphatic carbocycles. The van der Waals surface area contributed by atoms with Gasteiger partial charge in [-0.2, -0.15) is 0 Å². The van der Waals surface area contributed by atoms with Gasteiger partial charge in [0.25, 0.3) is 0 Å². The fourth-order valence-electron chi connectivity index (χ4n) is 3.67. The monoisotopic (exact) mass is 415 g/mol. The SMILES string of the molecule is O=Cc1cccc(Cl)c1C#CCNC(=O)OCC1c2ccccc2-c2ccccc21. The summed E-state index contributed by atoms with van der Waals surface area (Å²) in [6.07, 6.45) is 0.162. The van der Waals surface area contributed by atoms with Crippen LogP contribution < -0.4 is 5.32 Å². The normalized spacial score (nSPS) is 11.6. The van der Waals surface area contributed by atoms with Crippen molar-refractivity contribution >= 4 is 24.0 Å². The second-order valence-corrected chi connectivity index (χ2v) is 7.21. The molecule has 0 aromatic heterocycles. The molecule has 0 fully saturated rings. The van der Waals surface area contributed by atoms with Gasteiger partial charge in [-0.15, -0.1) is 0 Å². The molecule has 30 heavy (non-hydrogen) atoms. The van der Waals surface area contributed by atoms with Crippen molar-refractivity contribution in [1.29, 1.82) is 0 Å². The van der Waals surface area contributed by atoms with Crippen molar-refractivity contribution in [2.75, 3.05) is 13.2 Å². The highest BCUT2D eigenvalue weighted by Gasteiger charge is 2.28. The van der Waals surface area contributed by atoms with E-state index in [4.69, 9.17) is 16.3 Å². The van der Waals surface area contributed by atoms with Crippen molar-refractivity contribution in [3.63, 3.8) is 0 Å². The Morgan fingerprint density at radius 1 is 1.00 bits per heavy atom. The molecule has 0 aliphatic heterocycles. The average Bonchev–Trinajstić information content (AvgIpc) is 3.10. The van der Waals surface area contributed by atoms with Gasteiger partial charge in [-0.05, 0) is 28.3 Å². The predicted octanol–water partition coefficient (Wildman–Crippen LogP) is 5.04. The molecule has 0 heterocycles. The topological polar surface area (TPSA) is 55.4 Å². The Morgan fingerprint density at radius 3 is 2.33 bits per heavy atom. The number of aldehydes is 1. The summed E-state index contributed by atoms with van der Waals surface area (Å²) >= 11 is 6.08. The lowest BCUT2D eigenvalue weighted by Gasteiger charge is -2.14. The molecule has 148 valence electrons. The van der Waals surface area contributed by atoms with Crippen LogP contribution >= 0.6 is 11.6 Å². The van der Waals surface area contributed by atoms with Gasteiger partial charge in [0.2, 0.25) is 0 Å². The maximum absolute atomic E-state index is 12.1. The molecule has 3 aromatic rings. The Kier molecular flexibility index (Phi) is 5.83. The van der Waals surface area contributed by atoms with E-state index in [0.717, 1.165) is 11.1 Å². The third kappa shape index (κ3) is 3.94. The molecule has 0 saturated carbocycles. The molecule has 0 atom stereocenters. The molecule has 0 bridgehead atoms. The van der Waals surface area contributed by atoms with Gasteiger partial charge in [0.1, 0.15) is 6.61 Å². The van der Waals surface area contributed by atoms with Crippen molar-refractivity contribution in [1.82, 2.24) is 5.32 Å². The van der Waals surface area contributed by atoms with Crippen LogP contribution in [0.2, 0.25) is 5.02 Å². The summed E-state index contributed by atoms with van der Waals surface area (Å²) < 4.78 is 5.46. The van der Waals surface area contributed by atoms with E-state index < -0.39 is 6.09 Å². The van der Waals surface area contributed by atoms with Crippen LogP contribution in [0.25, 0.3) is 11.1 Å². The lowest BCUT2D eigenvalue weighted by atomic mass is 9.98. The number of hydrogen-bond donors (Lipinski definition) is 1. The first-order valence-electron chi connectivity index (χ1n) is 9.50. The van der Waals surface area contributed by atoms with Gasteiger partial charge in [0.05, 0.1) is 17.1 Å². The van der Waals surface area contributed by atoms with Crippen molar-refractivity contribution in [3.8, 4) is 23.0 Å². The smallest absolute Gasteiger partial charge is 0.407 e. The van der Waals surface area contributed by atoms with E-state index in [-0.39, 0.29) is 19.1 Å². The zero-order valence-electron chi connectivity index (χ0n) is 16.0. The molecule has 1 aliphatic rings. The average molecular weight is 416 g/mol. The van der Waals surface area contributed by atoms with Crippen LogP contribution in [0.5, 0.6) is 0 Å². The van der Waals surface area contributed by atoms with Gasteiger partial charge >= 0.3 is 6.09 Å². The number of halogens is 1. The minimum absolute atomic E-state index is 0.00695. The Bertz CT molecular complexity index is 1130. The predicted molar refractivity (Wildman–Crippen MR) is 117 cm³/mol. The number of benzene rings is 3. The van der Waals surface area contributed by atoms with E-state index in [0.29, 0.717) is 22.4 Å². The second kappa shape index (κ2) is 8.86. The summed E-state index contributed by atoms with van der Waals surface area (Å²) in [7, 11) is 0. The number of amides is 1. The van der Waals surface area contributed by atoms with Gasteiger partial charge in [0.15, 0.2) is 6.29 Å². The first-order valence-corrected chi connectivity index (χ1v) is 9.88. The lowest BCUT2D eigenvalue weighted by molar-refractivity contribution is 0.112. The standard InChI is InChI=1S/C25H18ClNO3/c26-24-13-5-7-17(15-28)18(24)12-6-14-27-25(29)30-16-23-21-10-3-1-8-19(21)20-9-2-4-11-22(20)23/h1-5,7-11,13,15,23H,14,16H2,(H,27,29). The molecular formula is C25H18ClNO3. The molecule has 0 spiro atoms. The van der Waals surface area contributed by atoms with E-state index in [1.54, 1.807) is 18.2 Å². The second-order valence-electron chi connectivity index (χ2n) is 6.80. The molecule has 5 heteroatoms. The highest BCUT2D eigenvalue weighted by Crippen LogP contribution is 2.44. The number of hydrogen-bond acceptors (Lipinski definition) is 3. The van der Waals surface area contributed by atoms with E-state index >= 15 is 0 Å². The number of carbonyl (C=O) groups is 2. The zero-order valence-corrected chi connectivity index (χ0v) is 16.8. The van der Waals surface area contributed by atoms with Crippen LogP contribution in [0.3, 0.4) is 0 Å². The highest BCUT2D eigenvalue weighted by molar-refractivity contribution is 6.32. The van der Waals surface area contributed by atoms with Crippen molar-refractivity contribution in [3.05, 3.63) is 94.0 Å². The third-order valence-electron chi connectivity index (χ3n) is 5.05. The van der Waals surface area contributed by atoms with Crippen molar-refractivity contribution < 1.29 is 14.3 Å². The maximum Gasteiger partial charge on any atom is 0.407 e. The van der Waals surface area contributed by atoms with Crippen LogP contribution in [-0.4, -0.2) is 25.5 Å². The van der Waals surface area contributed by atoms with Crippen molar-refractivity contribution in [2.24, 2.45) is 0 Å². The van der Waals surface area contributed by atoms with Gasteiger partial charge < -0.3 is 10.1 Å². The molecule has 0 unspecified atom stereocenters. The minimum Gasteiger partial charge on any atom is -0.449 e. The fraction of sp³-hybridized carbons (Fsp3) is 0.120. The Labute approximate surface area is 179 Å². The number of ether oxygens (including phenoxy) is 1. The Hall–Kier alpha value is -3.55. The van der Waals surface area contributed by atoms with Crippen LogP contribution in [0.15, 0.2) is 66.7 Å². The van der Waals surface area contributed by atoms with Crippen LogP contribution in [0.1, 0.15) is 33.0 Å².